The van der Waals surface area contributed by atoms with Gasteiger partial charge in [-0.1, -0.05) is 11.6 Å². The Morgan fingerprint density at radius 1 is 1.34 bits per heavy atom. The Morgan fingerprint density at radius 2 is 2.14 bits per heavy atom. The molecule has 152 valence electrons. The van der Waals surface area contributed by atoms with Crippen LogP contribution in [0.2, 0.25) is 4.34 Å². The van der Waals surface area contributed by atoms with Crippen molar-refractivity contribution in [3.05, 3.63) is 45.5 Å². The zero-order valence-corrected chi connectivity index (χ0v) is 16.6. The van der Waals surface area contributed by atoms with Crippen molar-refractivity contribution >= 4 is 52.2 Å². The Hall–Kier alpha value is -2.62. The van der Waals surface area contributed by atoms with E-state index in [-0.39, 0.29) is 49.1 Å². The summed E-state index contributed by atoms with van der Waals surface area (Å²) in [6.45, 7) is -0.0628. The molecule has 0 radical (unpaired) electrons. The zero-order chi connectivity index (χ0) is 23.9. The van der Waals surface area contributed by atoms with Crippen LogP contribution in [0.1, 0.15) is 15.2 Å². The fraction of sp³-hybridized carbons (Fsp3) is 0.316. The second-order valence-corrected chi connectivity index (χ2v) is 7.94. The monoisotopic (exact) mass is 439 g/mol. The number of halogens is 1. The highest BCUT2D eigenvalue weighted by Gasteiger charge is 2.29. The lowest BCUT2D eigenvalue weighted by Crippen LogP contribution is -2.41. The molecule has 10 heteroatoms. The number of benzene rings is 1. The number of cyclic esters (lactones) is 1. The van der Waals surface area contributed by atoms with Crippen molar-refractivity contribution < 1.29 is 29.3 Å². The maximum atomic E-state index is 13.3. The van der Waals surface area contributed by atoms with Crippen LogP contribution in [0.4, 0.5) is 16.2 Å². The van der Waals surface area contributed by atoms with Gasteiger partial charge in [-0.2, -0.15) is 0 Å². The molecule has 2 aliphatic rings. The number of rotatable bonds is 5. The van der Waals surface area contributed by atoms with Crippen molar-refractivity contribution in [3.63, 3.8) is 0 Å². The number of thiophene rings is 1. The lowest BCUT2D eigenvalue weighted by molar-refractivity contribution is -0.125. The minimum atomic E-state index is -0.764. The maximum absolute atomic E-state index is 13.3. The summed E-state index contributed by atoms with van der Waals surface area (Å²) in [5.41, 5.74) is -0.463. The Morgan fingerprint density at radius 3 is 2.76 bits per heavy atom. The van der Waals surface area contributed by atoms with Gasteiger partial charge in [-0.3, -0.25) is 9.59 Å². The van der Waals surface area contributed by atoms with Crippen LogP contribution in [0.5, 0.6) is 0 Å². The highest BCUT2D eigenvalue weighted by molar-refractivity contribution is 7.18. The van der Waals surface area contributed by atoms with Crippen LogP contribution in [0, 0.1) is 0 Å². The van der Waals surface area contributed by atoms with Gasteiger partial charge < -0.3 is 24.6 Å². The minimum Gasteiger partial charge on any atom is -0.442 e. The van der Waals surface area contributed by atoms with E-state index in [4.69, 9.17) is 26.6 Å². The molecule has 1 unspecified atom stereocenters. The first-order valence-corrected chi connectivity index (χ1v) is 9.88. The molecule has 1 atom stereocenters. The predicted octanol–water partition coefficient (Wildman–Crippen LogP) is 2.52. The molecule has 3 amide bonds. The number of alkyl carbamates (subject to hydrolysis) is 1. The normalized spacial score (nSPS) is 21.0. The highest BCUT2D eigenvalue weighted by Crippen LogP contribution is 2.27. The lowest BCUT2D eigenvalue weighted by atomic mass is 10.2. The standard InChI is InChI=1S/C19H18ClN3O5S/c20-16-6-5-15(29-16)18(25)23(10-14-9-21-19(26)28-14)13-3-1-12(2-4-13)22-7-8-27-11-17(22)24/h1-6,14H,7-11H2,(H,21,26)/i1D,2D,3D,4D. The molecule has 4 rings (SSSR count). The van der Waals surface area contributed by atoms with Crippen LogP contribution in [-0.2, 0) is 14.3 Å². The minimum absolute atomic E-state index is 0.0782. The van der Waals surface area contributed by atoms with Crippen molar-refractivity contribution in [1.82, 2.24) is 5.32 Å². The number of carbonyl (C=O) groups excluding carboxylic acids is 3. The van der Waals surface area contributed by atoms with Crippen LogP contribution in [0.3, 0.4) is 0 Å². The van der Waals surface area contributed by atoms with Crippen LogP contribution in [0.15, 0.2) is 36.3 Å². The largest absolute Gasteiger partial charge is 0.442 e. The number of amides is 3. The molecule has 1 N–H and O–H groups in total. The number of morpholine rings is 1. The number of ether oxygens (including phenoxy) is 2. The summed E-state index contributed by atoms with van der Waals surface area (Å²) in [5, 5.41) is 2.48. The van der Waals surface area contributed by atoms with Gasteiger partial charge in [0.2, 0.25) is 0 Å². The van der Waals surface area contributed by atoms with Crippen molar-refractivity contribution in [3.8, 4) is 0 Å². The summed E-state index contributed by atoms with van der Waals surface area (Å²) in [4.78, 5) is 39.5. The van der Waals surface area contributed by atoms with E-state index in [1.54, 1.807) is 0 Å². The van der Waals surface area contributed by atoms with Gasteiger partial charge in [0.25, 0.3) is 11.8 Å². The predicted molar refractivity (Wildman–Crippen MR) is 109 cm³/mol. The molecule has 8 nitrogen and oxygen atoms in total. The van der Waals surface area contributed by atoms with Crippen LogP contribution in [0.25, 0.3) is 0 Å². The number of hydrogen-bond donors (Lipinski definition) is 1. The molecule has 0 bridgehead atoms. The molecular formula is C19H18ClN3O5S. The molecule has 2 aliphatic heterocycles. The molecule has 0 saturated carbocycles. The molecule has 2 fully saturated rings. The van der Waals surface area contributed by atoms with E-state index in [0.717, 1.165) is 21.1 Å². The van der Waals surface area contributed by atoms with E-state index in [0.29, 0.717) is 4.34 Å². The Kier molecular flexibility index (Phi) is 4.42. The topological polar surface area (TPSA) is 88.2 Å². The van der Waals surface area contributed by atoms with Gasteiger partial charge in [0.1, 0.15) is 12.7 Å². The number of nitrogens with zero attached hydrogens (tertiary/aromatic N) is 2. The molecule has 2 aromatic rings. The van der Waals surface area contributed by atoms with Gasteiger partial charge in [0, 0.05) is 17.9 Å². The first kappa shape index (κ1) is 15.3. The van der Waals surface area contributed by atoms with E-state index in [1.807, 2.05) is 0 Å². The van der Waals surface area contributed by atoms with Crippen LogP contribution >= 0.6 is 22.9 Å². The van der Waals surface area contributed by atoms with Crippen molar-refractivity contribution in [2.75, 3.05) is 42.6 Å². The van der Waals surface area contributed by atoms with Crippen LogP contribution < -0.4 is 15.1 Å². The fourth-order valence-corrected chi connectivity index (χ4v) is 3.89. The summed E-state index contributed by atoms with van der Waals surface area (Å²) in [5.74, 6) is -1.11. The summed E-state index contributed by atoms with van der Waals surface area (Å²) in [7, 11) is 0. The lowest BCUT2D eigenvalue weighted by Gasteiger charge is -2.28. The van der Waals surface area contributed by atoms with E-state index in [1.165, 1.54) is 12.1 Å². The van der Waals surface area contributed by atoms with E-state index in [2.05, 4.69) is 5.32 Å². The molecule has 1 aromatic carbocycles. The first-order chi connectivity index (χ1) is 15.7. The quantitative estimate of drug-likeness (QED) is 0.773. The van der Waals surface area contributed by atoms with Gasteiger partial charge >= 0.3 is 6.09 Å². The summed E-state index contributed by atoms with van der Waals surface area (Å²) in [6, 6.07) is 1.07. The average molecular weight is 440 g/mol. The second-order valence-electron chi connectivity index (χ2n) is 6.22. The SMILES string of the molecule is [2H]c1c([2H])c(N(CC2CNC(=O)O2)C(=O)c2ccc(Cl)s2)c([2H])c([2H])c1N1CCOCC1=O. The second kappa shape index (κ2) is 8.40. The van der Waals surface area contributed by atoms with E-state index in [9.17, 15) is 14.4 Å². The number of anilines is 2. The van der Waals surface area contributed by atoms with Gasteiger partial charge in [-0.15, -0.1) is 11.3 Å². The third-order valence-corrected chi connectivity index (χ3v) is 5.51. The molecule has 3 heterocycles. The molecule has 29 heavy (non-hydrogen) atoms. The summed E-state index contributed by atoms with van der Waals surface area (Å²) in [6.07, 6.45) is -1.42. The molecule has 1 aromatic heterocycles. The number of carbonyl (C=O) groups is 3. The first-order valence-electron chi connectivity index (χ1n) is 10.7. The molecule has 2 saturated heterocycles. The van der Waals surface area contributed by atoms with Gasteiger partial charge in [0.05, 0.1) is 34.4 Å². The Bertz CT molecular complexity index is 1120. The molecular weight excluding hydrogens is 418 g/mol. The molecule has 0 aliphatic carbocycles. The Labute approximate surface area is 181 Å². The summed E-state index contributed by atoms with van der Waals surface area (Å²) < 4.78 is 44.7. The van der Waals surface area contributed by atoms with E-state index >= 15 is 0 Å². The zero-order valence-electron chi connectivity index (χ0n) is 19.0. The van der Waals surface area contributed by atoms with Gasteiger partial charge in [0.15, 0.2) is 0 Å². The third kappa shape index (κ3) is 4.36. The number of nitrogens with one attached hydrogen (secondary N) is 1. The van der Waals surface area contributed by atoms with Crippen LogP contribution in [-0.4, -0.2) is 56.9 Å². The van der Waals surface area contributed by atoms with Gasteiger partial charge in [-0.25, -0.2) is 4.79 Å². The van der Waals surface area contributed by atoms with Crippen molar-refractivity contribution in [2.24, 2.45) is 0 Å². The van der Waals surface area contributed by atoms with Gasteiger partial charge in [-0.05, 0) is 36.3 Å². The van der Waals surface area contributed by atoms with E-state index < -0.39 is 48.2 Å². The molecule has 0 spiro atoms. The third-order valence-electron chi connectivity index (χ3n) is 4.29. The fourth-order valence-electron chi connectivity index (χ4n) is 2.90. The number of hydrogen-bond acceptors (Lipinski definition) is 6. The Balaban J connectivity index is 1.81. The smallest absolute Gasteiger partial charge is 0.407 e. The maximum Gasteiger partial charge on any atom is 0.407 e. The highest BCUT2D eigenvalue weighted by atomic mass is 35.5. The van der Waals surface area contributed by atoms with Crippen molar-refractivity contribution in [2.45, 2.75) is 6.10 Å². The van der Waals surface area contributed by atoms with Crippen molar-refractivity contribution in [1.29, 1.82) is 0 Å². The average Bonchev–Trinajstić information content (AvgIpc) is 3.40. The summed E-state index contributed by atoms with van der Waals surface area (Å²) >= 11 is 6.96.